The van der Waals surface area contributed by atoms with Crippen molar-refractivity contribution in [1.29, 1.82) is 0 Å². The molecule has 0 aromatic heterocycles. The lowest BCUT2D eigenvalue weighted by atomic mass is 9.80. The number of ether oxygens (including phenoxy) is 2. The molecule has 1 aromatic rings. The third kappa shape index (κ3) is 3.60. The molecule has 1 aliphatic heterocycles. The van der Waals surface area contributed by atoms with E-state index >= 15 is 0 Å². The molecule has 0 aliphatic carbocycles. The Labute approximate surface area is 148 Å². The van der Waals surface area contributed by atoms with E-state index in [9.17, 15) is 9.59 Å². The summed E-state index contributed by atoms with van der Waals surface area (Å²) >= 11 is 0. The van der Waals surface area contributed by atoms with Crippen molar-refractivity contribution in [3.05, 3.63) is 57.9 Å². The summed E-state index contributed by atoms with van der Waals surface area (Å²) in [5.74, 6) is -1.05. The molecule has 1 N–H and O–H groups in total. The number of benzene rings is 1. The molecule has 1 aliphatic rings. The molecule has 0 saturated heterocycles. The van der Waals surface area contributed by atoms with E-state index in [-0.39, 0.29) is 0 Å². The minimum absolute atomic E-state index is 0.400. The molecule has 25 heavy (non-hydrogen) atoms. The van der Waals surface area contributed by atoms with Gasteiger partial charge in [0.25, 0.3) is 0 Å². The Bertz CT molecular complexity index is 703. The van der Waals surface area contributed by atoms with Crippen LogP contribution in [-0.2, 0) is 19.1 Å². The third-order valence-electron chi connectivity index (χ3n) is 4.51. The number of dihydropyridines is 1. The van der Waals surface area contributed by atoms with Crippen molar-refractivity contribution < 1.29 is 19.1 Å². The van der Waals surface area contributed by atoms with Crippen molar-refractivity contribution in [2.45, 2.75) is 39.5 Å². The summed E-state index contributed by atoms with van der Waals surface area (Å²) in [7, 11) is 2.68. The Morgan fingerprint density at radius 3 is 1.72 bits per heavy atom. The smallest absolute Gasteiger partial charge is 0.336 e. The van der Waals surface area contributed by atoms with Gasteiger partial charge in [-0.1, -0.05) is 38.1 Å². The normalized spacial score (nSPS) is 15.3. The van der Waals surface area contributed by atoms with Crippen molar-refractivity contribution in [2.24, 2.45) is 0 Å². The van der Waals surface area contributed by atoms with Gasteiger partial charge in [-0.05, 0) is 30.9 Å². The molecule has 0 atom stereocenters. The van der Waals surface area contributed by atoms with Gasteiger partial charge in [-0.15, -0.1) is 0 Å². The second-order valence-corrected chi connectivity index (χ2v) is 6.44. The molecule has 1 aromatic carbocycles. The molecular weight excluding hydrogens is 318 g/mol. The highest BCUT2D eigenvalue weighted by molar-refractivity contribution is 5.99. The van der Waals surface area contributed by atoms with Crippen LogP contribution in [0.5, 0.6) is 0 Å². The fourth-order valence-electron chi connectivity index (χ4n) is 3.16. The molecule has 0 bridgehead atoms. The molecule has 1 heterocycles. The van der Waals surface area contributed by atoms with Crippen LogP contribution >= 0.6 is 0 Å². The fourth-order valence-corrected chi connectivity index (χ4v) is 3.16. The second-order valence-electron chi connectivity index (χ2n) is 6.44. The largest absolute Gasteiger partial charge is 0.466 e. The van der Waals surface area contributed by atoms with Crippen LogP contribution in [0.25, 0.3) is 0 Å². The van der Waals surface area contributed by atoms with Gasteiger partial charge in [0.1, 0.15) is 0 Å². The van der Waals surface area contributed by atoms with Crippen LogP contribution in [0.2, 0.25) is 0 Å². The zero-order chi connectivity index (χ0) is 18.7. The zero-order valence-electron chi connectivity index (χ0n) is 15.6. The van der Waals surface area contributed by atoms with Gasteiger partial charge < -0.3 is 14.8 Å². The molecule has 5 nitrogen and oxygen atoms in total. The lowest BCUT2D eigenvalue weighted by Gasteiger charge is -2.30. The number of allylic oxidation sites excluding steroid dienone is 2. The third-order valence-corrected chi connectivity index (χ3v) is 4.51. The number of nitrogens with one attached hydrogen (secondary N) is 1. The van der Waals surface area contributed by atoms with E-state index in [1.807, 2.05) is 24.3 Å². The highest BCUT2D eigenvalue weighted by Gasteiger charge is 2.37. The molecule has 0 radical (unpaired) electrons. The van der Waals surface area contributed by atoms with Gasteiger partial charge in [-0.2, -0.15) is 0 Å². The number of esters is 2. The van der Waals surface area contributed by atoms with E-state index < -0.39 is 17.9 Å². The average Bonchev–Trinajstić information content (AvgIpc) is 2.60. The molecule has 0 unspecified atom stereocenters. The van der Waals surface area contributed by atoms with Crippen LogP contribution < -0.4 is 5.32 Å². The van der Waals surface area contributed by atoms with E-state index in [1.165, 1.54) is 19.8 Å². The van der Waals surface area contributed by atoms with Gasteiger partial charge >= 0.3 is 11.9 Å². The van der Waals surface area contributed by atoms with E-state index in [0.29, 0.717) is 28.5 Å². The van der Waals surface area contributed by atoms with Gasteiger partial charge in [-0.25, -0.2) is 9.59 Å². The maximum Gasteiger partial charge on any atom is 0.336 e. The van der Waals surface area contributed by atoms with Gasteiger partial charge in [0.2, 0.25) is 0 Å². The number of hydrogen-bond acceptors (Lipinski definition) is 5. The van der Waals surface area contributed by atoms with Crippen LogP contribution in [-0.4, -0.2) is 26.2 Å². The first-order chi connectivity index (χ1) is 11.8. The Balaban J connectivity index is 2.63. The van der Waals surface area contributed by atoms with Crippen LogP contribution in [0.3, 0.4) is 0 Å². The van der Waals surface area contributed by atoms with Crippen molar-refractivity contribution in [3.8, 4) is 0 Å². The molecule has 0 amide bonds. The van der Waals surface area contributed by atoms with Crippen molar-refractivity contribution >= 4 is 11.9 Å². The Kier molecular flexibility index (Phi) is 5.67. The maximum absolute atomic E-state index is 12.4. The van der Waals surface area contributed by atoms with E-state index in [2.05, 4.69) is 19.2 Å². The first-order valence-corrected chi connectivity index (χ1v) is 8.26. The van der Waals surface area contributed by atoms with Crippen molar-refractivity contribution in [3.63, 3.8) is 0 Å². The van der Waals surface area contributed by atoms with Crippen LogP contribution in [0.15, 0.2) is 46.8 Å². The standard InChI is InChI=1S/C20H25NO4/c1-11(2)14-7-9-15(10-8-14)18-16(19(22)24-5)12(3)21-13(4)17(18)20(23)25-6/h7-11,18,21H,1-6H3. The number of hydrogen-bond donors (Lipinski definition) is 1. The summed E-state index contributed by atoms with van der Waals surface area (Å²) in [6, 6.07) is 7.96. The molecule has 134 valence electrons. The van der Waals surface area contributed by atoms with Gasteiger partial charge in [0.05, 0.1) is 31.3 Å². The summed E-state index contributed by atoms with van der Waals surface area (Å²) in [5, 5.41) is 3.10. The van der Waals surface area contributed by atoms with Crippen LogP contribution in [0, 0.1) is 0 Å². The SMILES string of the molecule is COC(=O)C1=C(C)NC(C)=C(C(=O)OC)C1c1ccc(C(C)C)cc1. The second kappa shape index (κ2) is 7.55. The minimum Gasteiger partial charge on any atom is -0.466 e. The van der Waals surface area contributed by atoms with Crippen molar-refractivity contribution in [2.75, 3.05) is 14.2 Å². The summed E-state index contributed by atoms with van der Waals surface area (Å²) < 4.78 is 9.92. The number of carbonyl (C=O) groups is 2. The summed E-state index contributed by atoms with van der Waals surface area (Å²) in [6.45, 7) is 7.85. The maximum atomic E-state index is 12.4. The Hall–Kier alpha value is -2.56. The van der Waals surface area contributed by atoms with Crippen LogP contribution in [0.4, 0.5) is 0 Å². The average molecular weight is 343 g/mol. The number of carbonyl (C=O) groups excluding carboxylic acids is 2. The van der Waals surface area contributed by atoms with E-state index in [4.69, 9.17) is 9.47 Å². The highest BCUT2D eigenvalue weighted by Crippen LogP contribution is 2.39. The first-order valence-electron chi connectivity index (χ1n) is 8.26. The first kappa shape index (κ1) is 18.8. The van der Waals surface area contributed by atoms with Crippen LogP contribution in [0.1, 0.15) is 50.7 Å². The Morgan fingerprint density at radius 1 is 0.920 bits per heavy atom. The van der Waals surface area contributed by atoms with Gasteiger partial charge in [0, 0.05) is 11.4 Å². The van der Waals surface area contributed by atoms with E-state index in [1.54, 1.807) is 13.8 Å². The Morgan fingerprint density at radius 2 is 1.36 bits per heavy atom. The highest BCUT2D eigenvalue weighted by atomic mass is 16.5. The van der Waals surface area contributed by atoms with E-state index in [0.717, 1.165) is 5.56 Å². The molecule has 5 heteroatoms. The van der Waals surface area contributed by atoms with Gasteiger partial charge in [-0.3, -0.25) is 0 Å². The molecule has 2 rings (SSSR count). The molecular formula is C20H25NO4. The van der Waals surface area contributed by atoms with Gasteiger partial charge in [0.15, 0.2) is 0 Å². The quantitative estimate of drug-likeness (QED) is 0.849. The van der Waals surface area contributed by atoms with Crippen molar-refractivity contribution in [1.82, 2.24) is 5.32 Å². The predicted molar refractivity (Wildman–Crippen MR) is 95.8 cm³/mol. The minimum atomic E-state index is -0.526. The number of rotatable bonds is 4. The number of methoxy groups -OCH3 is 2. The topological polar surface area (TPSA) is 64.6 Å². The summed E-state index contributed by atoms with van der Waals surface area (Å²) in [4.78, 5) is 24.8. The summed E-state index contributed by atoms with van der Waals surface area (Å²) in [5.41, 5.74) is 4.24. The fraction of sp³-hybridized carbons (Fsp3) is 0.400. The monoisotopic (exact) mass is 343 g/mol. The molecule has 0 spiro atoms. The molecule has 0 saturated carbocycles. The summed E-state index contributed by atoms with van der Waals surface area (Å²) in [6.07, 6.45) is 0. The lowest BCUT2D eigenvalue weighted by molar-refractivity contribution is -0.137. The predicted octanol–water partition coefficient (Wildman–Crippen LogP) is 3.39. The molecule has 0 fully saturated rings. The lowest BCUT2D eigenvalue weighted by Crippen LogP contribution is -2.32. The zero-order valence-corrected chi connectivity index (χ0v) is 15.6.